The van der Waals surface area contributed by atoms with Crippen LogP contribution in [0.15, 0.2) is 12.5 Å². The summed E-state index contributed by atoms with van der Waals surface area (Å²) in [6, 6.07) is 0. The average Bonchev–Trinajstić information content (AvgIpc) is 2.52. The molecular formula is C9H16N2O. The summed E-state index contributed by atoms with van der Waals surface area (Å²) in [4.78, 5) is 4.06. The van der Waals surface area contributed by atoms with Crippen molar-refractivity contribution in [1.29, 1.82) is 0 Å². The van der Waals surface area contributed by atoms with E-state index in [1.54, 1.807) is 6.33 Å². The van der Waals surface area contributed by atoms with Crippen molar-refractivity contribution >= 4 is 0 Å². The van der Waals surface area contributed by atoms with Crippen molar-refractivity contribution < 1.29 is 5.11 Å². The van der Waals surface area contributed by atoms with Gasteiger partial charge in [-0.15, -0.1) is 0 Å². The second-order valence-corrected chi connectivity index (χ2v) is 3.61. The standard InChI is InChI=1S/C9H16N2O/c1-4-11-7-10-5-8(11)9(2,3)6-12/h5,7,12H,4,6H2,1-3H3. The van der Waals surface area contributed by atoms with Crippen LogP contribution < -0.4 is 0 Å². The second-order valence-electron chi connectivity index (χ2n) is 3.61. The van der Waals surface area contributed by atoms with Gasteiger partial charge in [-0.05, 0) is 6.92 Å². The van der Waals surface area contributed by atoms with Gasteiger partial charge in [0, 0.05) is 23.9 Å². The highest BCUT2D eigenvalue weighted by molar-refractivity contribution is 5.12. The van der Waals surface area contributed by atoms with Crippen molar-refractivity contribution in [3.05, 3.63) is 18.2 Å². The van der Waals surface area contributed by atoms with Crippen LogP contribution >= 0.6 is 0 Å². The minimum Gasteiger partial charge on any atom is -0.395 e. The van der Waals surface area contributed by atoms with Gasteiger partial charge in [0.25, 0.3) is 0 Å². The van der Waals surface area contributed by atoms with Crippen molar-refractivity contribution in [3.63, 3.8) is 0 Å². The highest BCUT2D eigenvalue weighted by Crippen LogP contribution is 2.21. The SMILES string of the molecule is CCn1cncc1C(C)(C)CO. The van der Waals surface area contributed by atoms with Gasteiger partial charge in [0.2, 0.25) is 0 Å². The number of hydrogen-bond acceptors (Lipinski definition) is 2. The highest BCUT2D eigenvalue weighted by atomic mass is 16.3. The topological polar surface area (TPSA) is 38.0 Å². The van der Waals surface area contributed by atoms with E-state index >= 15 is 0 Å². The van der Waals surface area contributed by atoms with Crippen LogP contribution in [0.1, 0.15) is 26.5 Å². The van der Waals surface area contributed by atoms with E-state index in [9.17, 15) is 0 Å². The van der Waals surface area contributed by atoms with Crippen molar-refractivity contribution in [2.24, 2.45) is 0 Å². The number of aliphatic hydroxyl groups is 1. The number of nitrogens with zero attached hydrogens (tertiary/aromatic N) is 2. The molecule has 0 fully saturated rings. The molecule has 0 aromatic carbocycles. The molecule has 0 spiro atoms. The zero-order valence-electron chi connectivity index (χ0n) is 7.91. The maximum Gasteiger partial charge on any atom is 0.0948 e. The molecule has 1 aromatic heterocycles. The Morgan fingerprint density at radius 2 is 2.25 bits per heavy atom. The normalized spacial score (nSPS) is 12.0. The second kappa shape index (κ2) is 3.27. The van der Waals surface area contributed by atoms with E-state index in [1.807, 2.05) is 20.0 Å². The van der Waals surface area contributed by atoms with E-state index in [1.165, 1.54) is 0 Å². The highest BCUT2D eigenvalue weighted by Gasteiger charge is 2.22. The maximum absolute atomic E-state index is 9.14. The van der Waals surface area contributed by atoms with E-state index in [-0.39, 0.29) is 12.0 Å². The summed E-state index contributed by atoms with van der Waals surface area (Å²) in [6.45, 7) is 7.14. The Bertz CT molecular complexity index is 253. The largest absolute Gasteiger partial charge is 0.395 e. The lowest BCUT2D eigenvalue weighted by Crippen LogP contribution is -2.25. The first-order valence-corrected chi connectivity index (χ1v) is 4.23. The molecule has 0 aliphatic rings. The molecule has 0 radical (unpaired) electrons. The van der Waals surface area contributed by atoms with Gasteiger partial charge in [-0.3, -0.25) is 0 Å². The number of aliphatic hydroxyl groups excluding tert-OH is 1. The van der Waals surface area contributed by atoms with E-state index < -0.39 is 0 Å². The lowest BCUT2D eigenvalue weighted by Gasteiger charge is -2.22. The van der Waals surface area contributed by atoms with Crippen molar-refractivity contribution in [3.8, 4) is 0 Å². The zero-order chi connectivity index (χ0) is 9.19. The minimum atomic E-state index is -0.188. The molecule has 1 heterocycles. The molecule has 0 saturated carbocycles. The predicted octanol–water partition coefficient (Wildman–Crippen LogP) is 1.17. The molecule has 1 N–H and O–H groups in total. The molecule has 0 saturated heterocycles. The Kier molecular flexibility index (Phi) is 2.52. The summed E-state index contributed by atoms with van der Waals surface area (Å²) in [7, 11) is 0. The number of aryl methyl sites for hydroxylation is 1. The van der Waals surface area contributed by atoms with Crippen LogP contribution in [0.3, 0.4) is 0 Å². The predicted molar refractivity (Wildman–Crippen MR) is 48.0 cm³/mol. The summed E-state index contributed by atoms with van der Waals surface area (Å²) in [5, 5.41) is 9.14. The third kappa shape index (κ3) is 1.50. The molecule has 0 aliphatic heterocycles. The van der Waals surface area contributed by atoms with Crippen molar-refractivity contribution in [1.82, 2.24) is 9.55 Å². The summed E-state index contributed by atoms with van der Waals surface area (Å²) in [5.74, 6) is 0. The Morgan fingerprint density at radius 3 is 2.75 bits per heavy atom. The summed E-state index contributed by atoms with van der Waals surface area (Å²) in [5.41, 5.74) is 0.902. The third-order valence-electron chi connectivity index (χ3n) is 2.14. The summed E-state index contributed by atoms with van der Waals surface area (Å²) < 4.78 is 2.05. The first-order chi connectivity index (χ1) is 5.61. The van der Waals surface area contributed by atoms with E-state index in [4.69, 9.17) is 5.11 Å². The van der Waals surface area contributed by atoms with Crippen LogP contribution in [0.25, 0.3) is 0 Å². The van der Waals surface area contributed by atoms with Gasteiger partial charge in [0.1, 0.15) is 0 Å². The molecule has 68 valence electrons. The fourth-order valence-electron chi connectivity index (χ4n) is 1.22. The molecule has 3 heteroatoms. The van der Waals surface area contributed by atoms with Crippen LogP contribution in [0, 0.1) is 0 Å². The molecule has 1 rings (SSSR count). The fraction of sp³-hybridized carbons (Fsp3) is 0.667. The van der Waals surface area contributed by atoms with E-state index in [2.05, 4.69) is 16.5 Å². The Labute approximate surface area is 73.1 Å². The molecule has 3 nitrogen and oxygen atoms in total. The zero-order valence-corrected chi connectivity index (χ0v) is 7.91. The quantitative estimate of drug-likeness (QED) is 0.735. The Morgan fingerprint density at radius 1 is 1.58 bits per heavy atom. The number of rotatable bonds is 3. The van der Waals surface area contributed by atoms with E-state index in [0.29, 0.717) is 0 Å². The smallest absolute Gasteiger partial charge is 0.0948 e. The fourth-order valence-corrected chi connectivity index (χ4v) is 1.22. The first kappa shape index (κ1) is 9.26. The molecule has 0 unspecified atom stereocenters. The lowest BCUT2D eigenvalue weighted by atomic mass is 9.91. The van der Waals surface area contributed by atoms with Gasteiger partial charge in [0.15, 0.2) is 0 Å². The van der Waals surface area contributed by atoms with Gasteiger partial charge in [-0.25, -0.2) is 4.98 Å². The minimum absolute atomic E-state index is 0.151. The summed E-state index contributed by atoms with van der Waals surface area (Å²) in [6.07, 6.45) is 3.62. The lowest BCUT2D eigenvalue weighted by molar-refractivity contribution is 0.212. The number of hydrogen-bond donors (Lipinski definition) is 1. The average molecular weight is 168 g/mol. The number of aromatic nitrogens is 2. The van der Waals surface area contributed by atoms with Crippen LogP contribution in [-0.2, 0) is 12.0 Å². The van der Waals surface area contributed by atoms with Gasteiger partial charge < -0.3 is 9.67 Å². The maximum atomic E-state index is 9.14. The Balaban J connectivity index is 3.00. The first-order valence-electron chi connectivity index (χ1n) is 4.23. The van der Waals surface area contributed by atoms with Crippen LogP contribution in [0.2, 0.25) is 0 Å². The van der Waals surface area contributed by atoms with Crippen LogP contribution in [0.5, 0.6) is 0 Å². The van der Waals surface area contributed by atoms with Crippen molar-refractivity contribution in [2.45, 2.75) is 32.7 Å². The Hall–Kier alpha value is -0.830. The van der Waals surface area contributed by atoms with Crippen molar-refractivity contribution in [2.75, 3.05) is 6.61 Å². The van der Waals surface area contributed by atoms with Crippen LogP contribution in [0.4, 0.5) is 0 Å². The molecule has 0 atom stereocenters. The monoisotopic (exact) mass is 168 g/mol. The molecule has 1 aromatic rings. The molecular weight excluding hydrogens is 152 g/mol. The van der Waals surface area contributed by atoms with Crippen LogP contribution in [-0.4, -0.2) is 21.3 Å². The van der Waals surface area contributed by atoms with Gasteiger partial charge in [-0.2, -0.15) is 0 Å². The van der Waals surface area contributed by atoms with E-state index in [0.717, 1.165) is 12.2 Å². The molecule has 12 heavy (non-hydrogen) atoms. The third-order valence-corrected chi connectivity index (χ3v) is 2.14. The van der Waals surface area contributed by atoms with Gasteiger partial charge in [-0.1, -0.05) is 13.8 Å². The molecule has 0 aliphatic carbocycles. The summed E-state index contributed by atoms with van der Waals surface area (Å²) >= 11 is 0. The van der Waals surface area contributed by atoms with Gasteiger partial charge in [0.05, 0.1) is 12.9 Å². The number of imidazole rings is 1. The van der Waals surface area contributed by atoms with Gasteiger partial charge >= 0.3 is 0 Å². The molecule has 0 amide bonds. The molecule has 0 bridgehead atoms.